The van der Waals surface area contributed by atoms with Gasteiger partial charge in [0, 0.05) is 12.8 Å². The summed E-state index contributed by atoms with van der Waals surface area (Å²) in [6, 6.07) is -6.79. The number of hydrogen-bond acceptors (Lipinski definition) is 14. The summed E-state index contributed by atoms with van der Waals surface area (Å²) in [6.07, 6.45) is -3.32. The smallest absolute Gasteiger partial charge is 0.480 e. The van der Waals surface area contributed by atoms with E-state index in [1.807, 2.05) is 0 Å². The summed E-state index contributed by atoms with van der Waals surface area (Å²) in [5.74, 6) is -4.89. The molecular formula is C39H71N6O12+. The first kappa shape index (κ1) is 51.3. The van der Waals surface area contributed by atoms with Crippen LogP contribution in [0, 0.1) is 0 Å². The number of quaternary nitrogens is 1. The third-order valence-corrected chi connectivity index (χ3v) is 8.64. The van der Waals surface area contributed by atoms with Gasteiger partial charge in [-0.25, -0.2) is 29.0 Å². The van der Waals surface area contributed by atoms with Gasteiger partial charge in [0.05, 0.1) is 18.8 Å². The maximum absolute atomic E-state index is 15.3. The fraction of sp³-hybridized carbons (Fsp3) is 0.821. The lowest BCUT2D eigenvalue weighted by Crippen LogP contribution is -2.70. The lowest BCUT2D eigenvalue weighted by molar-refractivity contribution is -0.787. The Hall–Kier alpha value is -3.71. The molecule has 1 heterocycles. The van der Waals surface area contributed by atoms with Crippen LogP contribution >= 0.6 is 0 Å². The second-order valence-corrected chi connectivity index (χ2v) is 18.4. The normalized spacial score (nSPS) is 19.2. The van der Waals surface area contributed by atoms with E-state index in [2.05, 4.69) is 0 Å². The number of imide groups is 3. The highest BCUT2D eigenvalue weighted by Gasteiger charge is 2.63. The maximum Gasteiger partial charge on any atom is 0.524 e. The summed E-state index contributed by atoms with van der Waals surface area (Å²) in [7, 11) is 0. The summed E-state index contributed by atoms with van der Waals surface area (Å²) in [4.78, 5) is 101. The fourth-order valence-electron chi connectivity index (χ4n) is 6.22. The van der Waals surface area contributed by atoms with Gasteiger partial charge in [-0.05, 0) is 135 Å². The van der Waals surface area contributed by atoms with E-state index < -0.39 is 93.0 Å². The zero-order chi connectivity index (χ0) is 44.3. The number of likely N-dealkylation sites (tertiary alicyclic amines) is 1. The monoisotopic (exact) mass is 816 g/mol. The first-order valence-corrected chi connectivity index (χ1v) is 19.7. The van der Waals surface area contributed by atoms with Crippen molar-refractivity contribution >= 4 is 42.0 Å². The van der Waals surface area contributed by atoms with E-state index in [4.69, 9.17) is 36.1 Å². The molecule has 7 N–H and O–H groups in total. The van der Waals surface area contributed by atoms with E-state index in [0.717, 1.165) is 0 Å². The van der Waals surface area contributed by atoms with Gasteiger partial charge in [-0.2, -0.15) is 4.79 Å². The van der Waals surface area contributed by atoms with Crippen LogP contribution in [0.5, 0.6) is 0 Å². The minimum absolute atomic E-state index is 0.119. The number of carboxylic acids is 1. The van der Waals surface area contributed by atoms with E-state index in [1.54, 1.807) is 41.5 Å². The molecule has 0 aliphatic carbocycles. The van der Waals surface area contributed by atoms with Gasteiger partial charge in [-0.15, -0.1) is 4.48 Å². The molecule has 0 aromatic rings. The van der Waals surface area contributed by atoms with E-state index >= 15 is 4.79 Å². The molecule has 57 heavy (non-hydrogen) atoms. The average molecular weight is 816 g/mol. The Bertz CT molecular complexity index is 1430. The Balaban J connectivity index is 4.23. The highest BCUT2D eigenvalue weighted by atomic mass is 16.6. The molecule has 18 heteroatoms. The highest BCUT2D eigenvalue weighted by molar-refractivity contribution is 6.05. The number of nitrogens with two attached hydrogens (primary N) is 3. The number of hydrogen-bond donors (Lipinski definition) is 4. The summed E-state index contributed by atoms with van der Waals surface area (Å²) in [5.41, 5.74) is 13.5. The number of amides is 6. The molecule has 1 saturated heterocycles. The van der Waals surface area contributed by atoms with Crippen molar-refractivity contribution in [3.05, 3.63) is 0 Å². The summed E-state index contributed by atoms with van der Waals surface area (Å²) in [6.45, 7) is 18.9. The summed E-state index contributed by atoms with van der Waals surface area (Å²) >= 11 is 0. The standard InChI is InChI=1S/C39H70N6O12/c1-36(2,3)54-24-25(42)31(48)45(35(53)57-39(10,11)12)23-17-20-28(45)30(47)43(33(51)55-37(4,5)6)26(18-13-15-21-40)29(46)44(34(52)56-38(7,8)9)27(32(49)50)19-14-16-22-41/h25-28H,13-24,40-42H2,1-12H3/p+1/t25-,26-,27-,28-,45?/m0/s1. The molecule has 0 aromatic carbocycles. The van der Waals surface area contributed by atoms with Crippen molar-refractivity contribution in [3.8, 4) is 0 Å². The molecule has 0 aromatic heterocycles. The second-order valence-electron chi connectivity index (χ2n) is 18.4. The number of carbonyl (C=O) groups is 7. The predicted molar refractivity (Wildman–Crippen MR) is 210 cm³/mol. The van der Waals surface area contributed by atoms with Crippen molar-refractivity contribution < 1.29 is 62.1 Å². The molecule has 18 nitrogen and oxygen atoms in total. The molecule has 0 saturated carbocycles. The summed E-state index contributed by atoms with van der Waals surface area (Å²) in [5, 5.41) is 10.4. The Labute approximate surface area is 337 Å². The molecule has 0 radical (unpaired) electrons. The predicted octanol–water partition coefficient (Wildman–Crippen LogP) is 4.18. The van der Waals surface area contributed by atoms with Crippen LogP contribution in [-0.2, 0) is 38.1 Å². The van der Waals surface area contributed by atoms with Crippen molar-refractivity contribution in [3.63, 3.8) is 0 Å². The van der Waals surface area contributed by atoms with Crippen LogP contribution in [0.1, 0.15) is 134 Å². The number of unbranched alkanes of at least 4 members (excludes halogenated alkanes) is 2. The van der Waals surface area contributed by atoms with E-state index in [9.17, 15) is 33.9 Å². The number of carboxylic acid groups (broad SMARTS) is 1. The van der Waals surface area contributed by atoms with E-state index in [0.29, 0.717) is 22.6 Å². The van der Waals surface area contributed by atoms with Gasteiger partial charge in [-0.1, -0.05) is 0 Å². The molecule has 1 aliphatic rings. The van der Waals surface area contributed by atoms with Crippen molar-refractivity contribution in [2.24, 2.45) is 17.2 Å². The zero-order valence-electron chi connectivity index (χ0n) is 36.3. The molecular weight excluding hydrogens is 744 g/mol. The Morgan fingerprint density at radius 2 is 1.14 bits per heavy atom. The minimum atomic E-state index is -1.89. The number of nitrogens with zero attached hydrogens (tertiary/aromatic N) is 3. The molecule has 0 bridgehead atoms. The Kier molecular flexibility index (Phi) is 18.7. The van der Waals surface area contributed by atoms with Crippen molar-refractivity contribution in [2.45, 2.75) is 181 Å². The number of carbonyl (C=O) groups excluding carboxylic acids is 6. The first-order valence-electron chi connectivity index (χ1n) is 19.7. The molecule has 6 amide bonds. The second kappa shape index (κ2) is 20.8. The lowest BCUT2D eigenvalue weighted by Gasteiger charge is -2.40. The fourth-order valence-corrected chi connectivity index (χ4v) is 6.22. The van der Waals surface area contributed by atoms with Crippen LogP contribution in [0.15, 0.2) is 0 Å². The highest BCUT2D eigenvalue weighted by Crippen LogP contribution is 2.35. The molecule has 1 unspecified atom stereocenters. The van der Waals surface area contributed by atoms with Crippen LogP contribution in [0.25, 0.3) is 0 Å². The van der Waals surface area contributed by atoms with Gasteiger partial charge >= 0.3 is 30.2 Å². The maximum atomic E-state index is 15.3. The largest absolute Gasteiger partial charge is 0.524 e. The van der Waals surface area contributed by atoms with E-state index in [1.165, 1.54) is 41.5 Å². The van der Waals surface area contributed by atoms with Crippen molar-refractivity contribution in [1.82, 2.24) is 9.80 Å². The molecule has 0 spiro atoms. The number of aliphatic carboxylic acids is 1. The summed E-state index contributed by atoms with van der Waals surface area (Å²) < 4.78 is 21.5. The van der Waals surface area contributed by atoms with Gasteiger partial charge in [-0.3, -0.25) is 9.59 Å². The zero-order valence-corrected chi connectivity index (χ0v) is 36.3. The van der Waals surface area contributed by atoms with Crippen molar-refractivity contribution in [1.29, 1.82) is 0 Å². The first-order chi connectivity index (χ1) is 25.9. The number of ether oxygens (including phenoxy) is 4. The van der Waals surface area contributed by atoms with Gasteiger partial charge in [0.25, 0.3) is 11.8 Å². The van der Waals surface area contributed by atoms with Gasteiger partial charge in [0.2, 0.25) is 0 Å². The van der Waals surface area contributed by atoms with Gasteiger partial charge in [0.15, 0.2) is 6.04 Å². The quantitative estimate of drug-likeness (QED) is 0.0968. The minimum Gasteiger partial charge on any atom is -0.480 e. The van der Waals surface area contributed by atoms with Crippen LogP contribution in [-0.4, -0.2) is 134 Å². The van der Waals surface area contributed by atoms with Crippen LogP contribution in [0.2, 0.25) is 0 Å². The van der Waals surface area contributed by atoms with Crippen LogP contribution < -0.4 is 17.2 Å². The van der Waals surface area contributed by atoms with E-state index in [-0.39, 0.29) is 64.8 Å². The lowest BCUT2D eigenvalue weighted by atomic mass is 10.0. The molecule has 328 valence electrons. The molecule has 1 fully saturated rings. The third kappa shape index (κ3) is 15.5. The van der Waals surface area contributed by atoms with Gasteiger partial charge < -0.3 is 41.3 Å². The van der Waals surface area contributed by atoms with Crippen molar-refractivity contribution in [2.75, 3.05) is 26.2 Å². The Morgan fingerprint density at radius 3 is 1.56 bits per heavy atom. The molecule has 1 aliphatic heterocycles. The Morgan fingerprint density at radius 1 is 0.684 bits per heavy atom. The van der Waals surface area contributed by atoms with Gasteiger partial charge in [0.1, 0.15) is 34.9 Å². The molecule has 1 rings (SSSR count). The molecule has 5 atom stereocenters. The number of rotatable bonds is 16. The topological polar surface area (TPSA) is 261 Å². The SMILES string of the molecule is CC(C)(C)OC[C@H](N)C(=O)[N+]1(C(=O)OC(C)(C)C)CCC[C@H]1C(=O)N(C(=O)OC(C)(C)C)[C@@H](CCCCN)C(=O)N(C(=O)OC(C)(C)C)[C@@H](CCCCN)C(=O)O. The average Bonchev–Trinajstić information content (AvgIpc) is 3.49. The third-order valence-electron chi connectivity index (χ3n) is 8.64. The van der Waals surface area contributed by atoms with Crippen LogP contribution in [0.3, 0.4) is 0 Å². The van der Waals surface area contributed by atoms with Crippen LogP contribution in [0.4, 0.5) is 14.4 Å².